The van der Waals surface area contributed by atoms with Crippen LogP contribution in [0.1, 0.15) is 30.3 Å². The maximum absolute atomic E-state index is 12.6. The molecule has 0 bridgehead atoms. The topological polar surface area (TPSA) is 82.7 Å². The van der Waals surface area contributed by atoms with Crippen molar-refractivity contribution in [2.24, 2.45) is 5.92 Å². The third kappa shape index (κ3) is 3.44. The van der Waals surface area contributed by atoms with Crippen LogP contribution in [0.5, 0.6) is 0 Å². The van der Waals surface area contributed by atoms with Gasteiger partial charge in [0.25, 0.3) is 5.91 Å². The molecule has 1 atom stereocenters. The summed E-state index contributed by atoms with van der Waals surface area (Å²) in [7, 11) is -3.56. The Labute approximate surface area is 136 Å². The van der Waals surface area contributed by atoms with Gasteiger partial charge in [-0.3, -0.25) is 4.79 Å². The highest BCUT2D eigenvalue weighted by Gasteiger charge is 2.29. The number of carbonyl (C=O) groups is 1. The molecule has 3 heterocycles. The molecular weight excluding hydrogens is 318 g/mol. The van der Waals surface area contributed by atoms with Crippen LogP contribution < -0.4 is 0 Å². The van der Waals surface area contributed by atoms with Gasteiger partial charge in [0.2, 0.25) is 10.0 Å². The van der Waals surface area contributed by atoms with Gasteiger partial charge < -0.3 is 14.6 Å². The monoisotopic (exact) mass is 341 g/mol. The second-order valence-corrected chi connectivity index (χ2v) is 8.20. The number of sulfonamides is 1. The van der Waals surface area contributed by atoms with Crippen LogP contribution >= 0.6 is 0 Å². The Morgan fingerprint density at radius 1 is 1.30 bits per heavy atom. The molecule has 8 heteroatoms. The molecule has 128 valence electrons. The van der Waals surface area contributed by atoms with E-state index in [1.165, 1.54) is 16.6 Å². The van der Waals surface area contributed by atoms with Crippen LogP contribution in [-0.4, -0.2) is 67.9 Å². The predicted octanol–water partition coefficient (Wildman–Crippen LogP) is 0.908. The van der Waals surface area contributed by atoms with Gasteiger partial charge in [0.1, 0.15) is 10.6 Å². The van der Waals surface area contributed by atoms with Crippen molar-refractivity contribution in [3.63, 3.8) is 0 Å². The lowest BCUT2D eigenvalue weighted by atomic mass is 10.0. The molecule has 0 spiro atoms. The minimum Gasteiger partial charge on any atom is -0.379 e. The Balaban J connectivity index is 1.75. The summed E-state index contributed by atoms with van der Waals surface area (Å²) in [5.74, 6) is 0.360. The summed E-state index contributed by atoms with van der Waals surface area (Å²) in [6.07, 6.45) is 3.53. The van der Waals surface area contributed by atoms with Gasteiger partial charge in [-0.1, -0.05) is 6.92 Å². The van der Waals surface area contributed by atoms with Crippen LogP contribution in [-0.2, 0) is 14.8 Å². The fourth-order valence-corrected chi connectivity index (χ4v) is 4.53. The van der Waals surface area contributed by atoms with E-state index in [1.807, 2.05) is 0 Å². The summed E-state index contributed by atoms with van der Waals surface area (Å²) in [5, 5.41) is 0. The molecule has 23 heavy (non-hydrogen) atoms. The highest BCUT2D eigenvalue weighted by Crippen LogP contribution is 2.21. The first kappa shape index (κ1) is 16.5. The van der Waals surface area contributed by atoms with Gasteiger partial charge in [-0.15, -0.1) is 0 Å². The van der Waals surface area contributed by atoms with Gasteiger partial charge in [-0.05, 0) is 24.8 Å². The standard InChI is InChI=1S/C15H23N3O4S/c1-12-3-2-4-17(11-12)15(19)14-9-13(10-16-14)23(20,21)18-5-7-22-8-6-18/h9-10,12,16H,2-8,11H2,1H3. The highest BCUT2D eigenvalue weighted by atomic mass is 32.2. The quantitative estimate of drug-likeness (QED) is 0.886. The molecule has 1 aromatic heterocycles. The summed E-state index contributed by atoms with van der Waals surface area (Å²) >= 11 is 0. The number of hydrogen-bond acceptors (Lipinski definition) is 4. The summed E-state index contributed by atoms with van der Waals surface area (Å²) < 4.78 is 31.7. The molecular formula is C15H23N3O4S. The van der Waals surface area contributed by atoms with Gasteiger partial charge in [-0.25, -0.2) is 8.42 Å². The van der Waals surface area contributed by atoms with E-state index in [4.69, 9.17) is 4.74 Å². The Morgan fingerprint density at radius 2 is 2.04 bits per heavy atom. The average molecular weight is 341 g/mol. The van der Waals surface area contributed by atoms with E-state index in [1.54, 1.807) is 4.90 Å². The number of aromatic amines is 1. The van der Waals surface area contributed by atoms with E-state index < -0.39 is 10.0 Å². The largest absolute Gasteiger partial charge is 0.379 e. The van der Waals surface area contributed by atoms with Crippen molar-refractivity contribution in [1.29, 1.82) is 0 Å². The van der Waals surface area contributed by atoms with Crippen LogP contribution in [0, 0.1) is 5.92 Å². The molecule has 7 nitrogen and oxygen atoms in total. The van der Waals surface area contributed by atoms with Crippen molar-refractivity contribution < 1.29 is 17.9 Å². The van der Waals surface area contributed by atoms with Crippen molar-refractivity contribution in [3.05, 3.63) is 18.0 Å². The second-order valence-electron chi connectivity index (χ2n) is 6.26. The van der Waals surface area contributed by atoms with Crippen LogP contribution in [0.3, 0.4) is 0 Å². The molecule has 0 aliphatic carbocycles. The number of hydrogen-bond donors (Lipinski definition) is 1. The van der Waals surface area contributed by atoms with E-state index in [9.17, 15) is 13.2 Å². The molecule has 2 fully saturated rings. The summed E-state index contributed by atoms with van der Waals surface area (Å²) in [6.45, 7) is 5.09. The lowest BCUT2D eigenvalue weighted by Crippen LogP contribution is -2.40. The number of nitrogens with zero attached hydrogens (tertiary/aromatic N) is 2. The molecule has 0 radical (unpaired) electrons. The third-order valence-electron chi connectivity index (χ3n) is 4.44. The number of likely N-dealkylation sites (tertiary alicyclic amines) is 1. The number of piperidine rings is 1. The predicted molar refractivity (Wildman–Crippen MR) is 84.7 cm³/mol. The first-order valence-electron chi connectivity index (χ1n) is 8.04. The Kier molecular flexibility index (Phi) is 4.74. The van der Waals surface area contributed by atoms with Crippen LogP contribution in [0.2, 0.25) is 0 Å². The Bertz CT molecular complexity index is 664. The highest BCUT2D eigenvalue weighted by molar-refractivity contribution is 7.89. The molecule has 1 aromatic rings. The fraction of sp³-hybridized carbons (Fsp3) is 0.667. The molecule has 2 aliphatic heterocycles. The normalized spacial score (nSPS) is 23.9. The molecule has 1 unspecified atom stereocenters. The second kappa shape index (κ2) is 6.62. The number of amides is 1. The molecule has 3 rings (SSSR count). The first-order chi connectivity index (χ1) is 11.0. The van der Waals surface area contributed by atoms with E-state index >= 15 is 0 Å². The van der Waals surface area contributed by atoms with E-state index in [0.29, 0.717) is 37.9 Å². The van der Waals surface area contributed by atoms with Crippen molar-refractivity contribution in [3.8, 4) is 0 Å². The molecule has 0 saturated carbocycles. The summed E-state index contributed by atoms with van der Waals surface area (Å²) in [5.41, 5.74) is 0.339. The molecule has 1 N–H and O–H groups in total. The van der Waals surface area contributed by atoms with Crippen molar-refractivity contribution in [2.45, 2.75) is 24.7 Å². The van der Waals surface area contributed by atoms with Gasteiger partial charge >= 0.3 is 0 Å². The number of aromatic nitrogens is 1. The maximum atomic E-state index is 12.6. The number of ether oxygens (including phenoxy) is 1. The SMILES string of the molecule is CC1CCCN(C(=O)c2cc(S(=O)(=O)N3CCOCC3)c[nH]2)C1. The van der Waals surface area contributed by atoms with Crippen LogP contribution in [0.15, 0.2) is 17.2 Å². The van der Waals surface area contributed by atoms with Crippen molar-refractivity contribution in [2.75, 3.05) is 39.4 Å². The number of rotatable bonds is 3. The zero-order valence-corrected chi connectivity index (χ0v) is 14.1. The Hall–Kier alpha value is -1.38. The van der Waals surface area contributed by atoms with Crippen LogP contribution in [0.25, 0.3) is 0 Å². The lowest BCUT2D eigenvalue weighted by Gasteiger charge is -2.30. The summed E-state index contributed by atoms with van der Waals surface area (Å²) in [6, 6.07) is 1.45. The zero-order valence-electron chi connectivity index (χ0n) is 13.3. The maximum Gasteiger partial charge on any atom is 0.270 e. The van der Waals surface area contributed by atoms with Gasteiger partial charge in [0.15, 0.2) is 0 Å². The lowest BCUT2D eigenvalue weighted by molar-refractivity contribution is 0.0677. The van der Waals surface area contributed by atoms with Crippen molar-refractivity contribution in [1.82, 2.24) is 14.2 Å². The minimum atomic E-state index is -3.56. The first-order valence-corrected chi connectivity index (χ1v) is 9.48. The average Bonchev–Trinajstić information content (AvgIpc) is 3.06. The third-order valence-corrected chi connectivity index (χ3v) is 6.32. The molecule has 2 aliphatic rings. The Morgan fingerprint density at radius 3 is 2.74 bits per heavy atom. The van der Waals surface area contributed by atoms with E-state index in [2.05, 4.69) is 11.9 Å². The van der Waals surface area contributed by atoms with Crippen LogP contribution in [0.4, 0.5) is 0 Å². The molecule has 1 amide bonds. The van der Waals surface area contributed by atoms with E-state index in [-0.39, 0.29) is 10.8 Å². The molecule has 0 aromatic carbocycles. The van der Waals surface area contributed by atoms with E-state index in [0.717, 1.165) is 25.9 Å². The number of nitrogens with one attached hydrogen (secondary N) is 1. The number of H-pyrrole nitrogens is 1. The number of carbonyl (C=O) groups excluding carboxylic acids is 1. The summed E-state index contributed by atoms with van der Waals surface area (Å²) in [4.78, 5) is 17.3. The van der Waals surface area contributed by atoms with Crippen molar-refractivity contribution >= 4 is 15.9 Å². The van der Waals surface area contributed by atoms with Gasteiger partial charge in [0, 0.05) is 32.4 Å². The molecule has 2 saturated heterocycles. The zero-order chi connectivity index (χ0) is 16.4. The minimum absolute atomic E-state index is 0.125. The smallest absolute Gasteiger partial charge is 0.270 e. The number of morpholine rings is 1. The van der Waals surface area contributed by atoms with Gasteiger partial charge in [0.05, 0.1) is 13.2 Å². The van der Waals surface area contributed by atoms with Gasteiger partial charge in [-0.2, -0.15) is 4.31 Å². The fourth-order valence-electron chi connectivity index (χ4n) is 3.13.